The minimum Gasteiger partial charge on any atom is -0.448 e. The number of carbonyl (C=O) groups is 1. The van der Waals surface area contributed by atoms with Gasteiger partial charge in [-0.15, -0.1) is 0 Å². The van der Waals surface area contributed by atoms with Crippen LogP contribution in [-0.2, 0) is 6.18 Å². The minimum absolute atomic E-state index is 0.0000556. The van der Waals surface area contributed by atoms with Gasteiger partial charge >= 0.3 is 12.1 Å². The number of para-hydroxylation sites is 1. The summed E-state index contributed by atoms with van der Waals surface area (Å²) in [5.41, 5.74) is -1.41. The van der Waals surface area contributed by atoms with Crippen LogP contribution in [0.15, 0.2) is 80.4 Å². The van der Waals surface area contributed by atoms with Gasteiger partial charge < -0.3 is 13.9 Å². The van der Waals surface area contributed by atoms with Crippen molar-refractivity contribution in [2.75, 3.05) is 0 Å². The van der Waals surface area contributed by atoms with Gasteiger partial charge in [0, 0.05) is 6.07 Å². The molecule has 0 aliphatic carbocycles. The maximum absolute atomic E-state index is 13.7. The quantitative estimate of drug-likeness (QED) is 0.202. The van der Waals surface area contributed by atoms with Crippen LogP contribution in [0.1, 0.15) is 16.1 Å². The first-order valence-corrected chi connectivity index (χ1v) is 10.4. The van der Waals surface area contributed by atoms with E-state index in [0.717, 1.165) is 6.07 Å². The zero-order chi connectivity index (χ0) is 23.8. The summed E-state index contributed by atoms with van der Waals surface area (Å²) in [6.07, 6.45) is -5.03. The summed E-state index contributed by atoms with van der Waals surface area (Å²) in [5.74, 6) is -3.59. The average molecular weight is 540 g/mol. The summed E-state index contributed by atoms with van der Waals surface area (Å²) < 4.78 is 57.0. The molecule has 1 aromatic heterocycles. The first-order chi connectivity index (χ1) is 15.6. The molecule has 1 heterocycles. The molecule has 0 saturated carbocycles. The van der Waals surface area contributed by atoms with Gasteiger partial charge in [0.05, 0.1) is 20.4 Å². The second-order valence-corrected chi connectivity index (χ2v) is 7.91. The van der Waals surface area contributed by atoms with E-state index in [0.29, 0.717) is 4.47 Å². The van der Waals surface area contributed by atoms with Crippen molar-refractivity contribution in [3.8, 4) is 17.2 Å². The zero-order valence-electron chi connectivity index (χ0n) is 16.3. The van der Waals surface area contributed by atoms with Gasteiger partial charge in [0.15, 0.2) is 0 Å². The van der Waals surface area contributed by atoms with Crippen LogP contribution in [0, 0.1) is 0 Å². The molecule has 33 heavy (non-hydrogen) atoms. The van der Waals surface area contributed by atoms with Crippen LogP contribution in [0.5, 0.6) is 17.2 Å². The summed E-state index contributed by atoms with van der Waals surface area (Å²) in [5, 5.41) is -0.0503. The Kier molecular flexibility index (Phi) is 6.18. The number of fused-ring (bicyclic) bond motifs is 1. The van der Waals surface area contributed by atoms with E-state index in [1.165, 1.54) is 36.4 Å². The van der Waals surface area contributed by atoms with Gasteiger partial charge in [0.1, 0.15) is 17.1 Å². The largest absolute Gasteiger partial charge is 0.453 e. The van der Waals surface area contributed by atoms with Crippen LogP contribution >= 0.6 is 27.5 Å². The Labute approximate surface area is 197 Å². The molecule has 0 amide bonds. The molecule has 10 heteroatoms. The number of halogens is 5. The van der Waals surface area contributed by atoms with E-state index >= 15 is 0 Å². The van der Waals surface area contributed by atoms with E-state index in [1.807, 2.05) is 0 Å². The second kappa shape index (κ2) is 8.92. The number of rotatable bonds is 4. The van der Waals surface area contributed by atoms with Crippen molar-refractivity contribution in [2.45, 2.75) is 6.18 Å². The predicted molar refractivity (Wildman–Crippen MR) is 118 cm³/mol. The molecule has 4 rings (SSSR count). The molecule has 0 radical (unpaired) electrons. The Hall–Kier alpha value is -3.30. The minimum atomic E-state index is -5.03. The van der Waals surface area contributed by atoms with Crippen LogP contribution in [0.2, 0.25) is 5.02 Å². The van der Waals surface area contributed by atoms with Crippen molar-refractivity contribution < 1.29 is 31.9 Å². The lowest BCUT2D eigenvalue weighted by Crippen LogP contribution is -2.16. The Morgan fingerprint density at radius 2 is 1.70 bits per heavy atom. The molecule has 0 bridgehead atoms. The number of benzene rings is 3. The number of esters is 1. The first-order valence-electron chi connectivity index (χ1n) is 9.22. The molecule has 0 aliphatic heterocycles. The monoisotopic (exact) mass is 538 g/mol. The number of carbonyl (C=O) groups excluding carboxylic acids is 1. The fourth-order valence-corrected chi connectivity index (χ4v) is 3.50. The van der Waals surface area contributed by atoms with Crippen molar-refractivity contribution in [1.29, 1.82) is 0 Å². The van der Waals surface area contributed by atoms with Crippen LogP contribution in [0.25, 0.3) is 11.0 Å². The van der Waals surface area contributed by atoms with Crippen molar-refractivity contribution in [3.05, 3.63) is 97.8 Å². The zero-order valence-corrected chi connectivity index (χ0v) is 18.6. The molecular formula is C23H11BrClF3O5. The second-order valence-electron chi connectivity index (χ2n) is 6.65. The van der Waals surface area contributed by atoms with Crippen LogP contribution in [-0.4, -0.2) is 5.97 Å². The normalized spacial score (nSPS) is 11.4. The molecular weight excluding hydrogens is 529 g/mol. The molecule has 5 nitrogen and oxygen atoms in total. The van der Waals surface area contributed by atoms with E-state index < -0.39 is 34.7 Å². The third-order valence-electron chi connectivity index (χ3n) is 4.43. The highest BCUT2D eigenvalue weighted by Crippen LogP contribution is 2.40. The van der Waals surface area contributed by atoms with Gasteiger partial charge in [0.25, 0.3) is 5.76 Å². The van der Waals surface area contributed by atoms with E-state index in [9.17, 15) is 22.8 Å². The average Bonchev–Trinajstić information content (AvgIpc) is 2.76. The number of hydrogen-bond donors (Lipinski definition) is 0. The molecule has 0 fully saturated rings. The number of ether oxygens (including phenoxy) is 2. The number of alkyl halides is 3. The van der Waals surface area contributed by atoms with Crippen LogP contribution in [0.3, 0.4) is 0 Å². The third kappa shape index (κ3) is 4.74. The smallest absolute Gasteiger partial charge is 0.448 e. The summed E-state index contributed by atoms with van der Waals surface area (Å²) in [7, 11) is 0. The molecule has 0 atom stereocenters. The van der Waals surface area contributed by atoms with Gasteiger partial charge in [-0.2, -0.15) is 13.2 Å². The van der Waals surface area contributed by atoms with Crippen molar-refractivity contribution >= 4 is 44.5 Å². The van der Waals surface area contributed by atoms with E-state index in [-0.39, 0.29) is 27.5 Å². The van der Waals surface area contributed by atoms with Crippen LogP contribution < -0.4 is 14.9 Å². The maximum atomic E-state index is 13.7. The fourth-order valence-electron chi connectivity index (χ4n) is 2.93. The molecule has 168 valence electrons. The van der Waals surface area contributed by atoms with Gasteiger partial charge in [-0.25, -0.2) is 4.79 Å². The lowest BCUT2D eigenvalue weighted by molar-refractivity contribution is -0.154. The lowest BCUT2D eigenvalue weighted by atomic mass is 10.2. The molecule has 0 unspecified atom stereocenters. The van der Waals surface area contributed by atoms with Crippen molar-refractivity contribution in [2.24, 2.45) is 0 Å². The van der Waals surface area contributed by atoms with E-state index in [1.54, 1.807) is 24.3 Å². The van der Waals surface area contributed by atoms with Crippen LogP contribution in [0.4, 0.5) is 13.2 Å². The molecule has 0 aliphatic rings. The summed E-state index contributed by atoms with van der Waals surface area (Å²) in [6.45, 7) is 0. The van der Waals surface area contributed by atoms with E-state index in [2.05, 4.69) is 15.9 Å². The molecule has 0 saturated heterocycles. The fraction of sp³-hybridized carbons (Fsp3) is 0.0435. The Balaban J connectivity index is 1.78. The Morgan fingerprint density at radius 1 is 1.00 bits per heavy atom. The van der Waals surface area contributed by atoms with Gasteiger partial charge in [-0.05, 0) is 52.3 Å². The van der Waals surface area contributed by atoms with E-state index in [4.69, 9.17) is 25.5 Å². The highest BCUT2D eigenvalue weighted by molar-refractivity contribution is 9.10. The highest BCUT2D eigenvalue weighted by atomic mass is 79.9. The summed E-state index contributed by atoms with van der Waals surface area (Å²) in [4.78, 5) is 25.2. The van der Waals surface area contributed by atoms with Gasteiger partial charge in [-0.3, -0.25) is 4.79 Å². The summed E-state index contributed by atoms with van der Waals surface area (Å²) in [6, 6.07) is 15.7. The Morgan fingerprint density at radius 3 is 2.39 bits per heavy atom. The first kappa shape index (κ1) is 22.9. The molecule has 0 spiro atoms. The maximum Gasteiger partial charge on any atom is 0.453 e. The highest BCUT2D eigenvalue weighted by Gasteiger charge is 2.40. The topological polar surface area (TPSA) is 65.7 Å². The van der Waals surface area contributed by atoms with Gasteiger partial charge in [0.2, 0.25) is 11.2 Å². The standard InChI is InChI=1S/C23H11BrClF3O5/c24-15-6-2-4-8-17(15)32-20-19(29)14-10-9-12(11-18(14)33-21(20)23(26,27)28)31-22(30)13-5-1-3-7-16(13)25/h1-11H. The SMILES string of the molecule is O=C(Oc1ccc2c(=O)c(Oc3ccccc3Br)c(C(F)(F)F)oc2c1)c1ccccc1Cl. The molecule has 0 N–H and O–H groups in total. The van der Waals surface area contributed by atoms with Crippen molar-refractivity contribution in [1.82, 2.24) is 0 Å². The molecule has 3 aromatic carbocycles. The third-order valence-corrected chi connectivity index (χ3v) is 5.42. The summed E-state index contributed by atoms with van der Waals surface area (Å²) >= 11 is 9.13. The molecule has 4 aromatic rings. The lowest BCUT2D eigenvalue weighted by Gasteiger charge is -2.14. The number of hydrogen-bond acceptors (Lipinski definition) is 5. The van der Waals surface area contributed by atoms with Crippen molar-refractivity contribution in [3.63, 3.8) is 0 Å². The predicted octanol–water partition coefficient (Wildman–Crippen LogP) is 7.24. The Bertz CT molecular complexity index is 1430. The van der Waals surface area contributed by atoms with Gasteiger partial charge in [-0.1, -0.05) is 35.9 Å².